The summed E-state index contributed by atoms with van der Waals surface area (Å²) in [5.41, 5.74) is 2.15. The van der Waals surface area contributed by atoms with Crippen LogP contribution in [0.4, 0.5) is 0 Å². The summed E-state index contributed by atoms with van der Waals surface area (Å²) in [5.74, 6) is -1.26. The molecule has 1 aliphatic rings. The van der Waals surface area contributed by atoms with Gasteiger partial charge in [0.1, 0.15) is 0 Å². The van der Waals surface area contributed by atoms with Crippen LogP contribution in [0.25, 0.3) is 0 Å². The minimum absolute atomic E-state index is 0.254. The molecule has 1 atom stereocenters. The highest BCUT2D eigenvalue weighted by atomic mass is 16.3. The second-order valence-electron chi connectivity index (χ2n) is 6.22. The zero-order valence-corrected chi connectivity index (χ0v) is 14.3. The minimum Gasteiger partial charge on any atom is -0.387 e. The fourth-order valence-corrected chi connectivity index (χ4v) is 2.92. The second-order valence-corrected chi connectivity index (χ2v) is 6.22. The van der Waals surface area contributed by atoms with E-state index >= 15 is 0 Å². The van der Waals surface area contributed by atoms with Crippen molar-refractivity contribution in [3.8, 4) is 0 Å². The lowest BCUT2D eigenvalue weighted by atomic mass is 9.97. The topological polar surface area (TPSA) is 83.4 Å². The van der Waals surface area contributed by atoms with Crippen molar-refractivity contribution in [2.24, 2.45) is 7.05 Å². The molecule has 24 heavy (non-hydrogen) atoms. The molecule has 1 heterocycles. The molecule has 0 radical (unpaired) electrons. The monoisotopic (exact) mass is 333 g/mol. The number of nitrogens with one attached hydrogen (secondary N) is 2. The Morgan fingerprint density at radius 3 is 2.62 bits per heavy atom. The fraction of sp³-hybridized carbons (Fsp3) is 0.556. The molecule has 0 aromatic carbocycles. The molecule has 6 nitrogen and oxygen atoms in total. The number of aryl methyl sites for hydroxylation is 1. The van der Waals surface area contributed by atoms with Gasteiger partial charge in [-0.1, -0.05) is 11.6 Å². The van der Waals surface area contributed by atoms with Gasteiger partial charge in [-0.2, -0.15) is 0 Å². The van der Waals surface area contributed by atoms with E-state index < -0.39 is 17.9 Å². The lowest BCUT2D eigenvalue weighted by molar-refractivity contribution is -0.139. The maximum Gasteiger partial charge on any atom is 0.309 e. The van der Waals surface area contributed by atoms with Gasteiger partial charge in [0.05, 0.1) is 6.10 Å². The molecule has 6 heteroatoms. The first kappa shape index (κ1) is 18.3. The van der Waals surface area contributed by atoms with Crippen molar-refractivity contribution in [3.63, 3.8) is 0 Å². The van der Waals surface area contributed by atoms with E-state index in [4.69, 9.17) is 0 Å². The molecule has 0 spiro atoms. The van der Waals surface area contributed by atoms with Crippen molar-refractivity contribution in [3.05, 3.63) is 35.7 Å². The number of aliphatic hydroxyl groups is 1. The predicted molar refractivity (Wildman–Crippen MR) is 92.2 cm³/mol. The maximum absolute atomic E-state index is 11.7. The molecule has 1 aromatic heterocycles. The third kappa shape index (κ3) is 5.53. The van der Waals surface area contributed by atoms with Crippen molar-refractivity contribution in [2.45, 2.75) is 44.6 Å². The molecule has 1 aromatic rings. The zero-order valence-electron chi connectivity index (χ0n) is 14.3. The van der Waals surface area contributed by atoms with Crippen molar-refractivity contribution in [1.29, 1.82) is 0 Å². The van der Waals surface area contributed by atoms with Crippen LogP contribution in [0.2, 0.25) is 0 Å². The van der Waals surface area contributed by atoms with Crippen LogP contribution in [0.3, 0.4) is 0 Å². The highest BCUT2D eigenvalue weighted by Crippen LogP contribution is 2.19. The van der Waals surface area contributed by atoms with Crippen molar-refractivity contribution >= 4 is 11.8 Å². The van der Waals surface area contributed by atoms with E-state index in [-0.39, 0.29) is 6.54 Å². The molecule has 132 valence electrons. The Balaban J connectivity index is 1.62. The number of hydrogen-bond donors (Lipinski definition) is 3. The van der Waals surface area contributed by atoms with E-state index in [9.17, 15) is 14.7 Å². The number of nitrogens with zero attached hydrogens (tertiary/aromatic N) is 1. The number of carbonyl (C=O) groups excluding carboxylic acids is 2. The maximum atomic E-state index is 11.7. The van der Waals surface area contributed by atoms with Gasteiger partial charge in [0.25, 0.3) is 0 Å². The zero-order chi connectivity index (χ0) is 17.4. The molecule has 2 rings (SSSR count). The summed E-state index contributed by atoms with van der Waals surface area (Å²) in [4.78, 5) is 23.5. The molecule has 1 aliphatic carbocycles. The van der Waals surface area contributed by atoms with Gasteiger partial charge >= 0.3 is 11.8 Å². The van der Waals surface area contributed by atoms with Crippen LogP contribution in [0.15, 0.2) is 30.0 Å². The summed E-state index contributed by atoms with van der Waals surface area (Å²) >= 11 is 0. The third-order valence-corrected chi connectivity index (χ3v) is 4.35. The van der Waals surface area contributed by atoms with Crippen LogP contribution in [-0.2, 0) is 16.6 Å². The van der Waals surface area contributed by atoms with Gasteiger partial charge in [-0.3, -0.25) is 9.59 Å². The number of carbonyl (C=O) groups is 2. The Labute approximate surface area is 142 Å². The van der Waals surface area contributed by atoms with Gasteiger partial charge in [0.15, 0.2) is 0 Å². The smallest absolute Gasteiger partial charge is 0.309 e. The average Bonchev–Trinajstić information content (AvgIpc) is 3.01. The number of allylic oxidation sites excluding steroid dienone is 1. The first-order valence-electron chi connectivity index (χ1n) is 8.61. The molecule has 2 amide bonds. The Hall–Kier alpha value is -2.08. The van der Waals surface area contributed by atoms with Gasteiger partial charge in [-0.15, -0.1) is 0 Å². The summed E-state index contributed by atoms with van der Waals surface area (Å²) in [6.07, 6.45) is 9.27. The van der Waals surface area contributed by atoms with E-state index in [1.165, 1.54) is 18.4 Å². The van der Waals surface area contributed by atoms with Gasteiger partial charge in [0.2, 0.25) is 0 Å². The van der Waals surface area contributed by atoms with E-state index in [2.05, 4.69) is 16.7 Å². The highest BCUT2D eigenvalue weighted by Gasteiger charge is 2.15. The number of aromatic nitrogens is 1. The summed E-state index contributed by atoms with van der Waals surface area (Å²) in [6.45, 7) is 0.744. The fourth-order valence-electron chi connectivity index (χ4n) is 2.92. The second kappa shape index (κ2) is 9.27. The van der Waals surface area contributed by atoms with Crippen LogP contribution >= 0.6 is 0 Å². The first-order chi connectivity index (χ1) is 11.6. The Morgan fingerprint density at radius 2 is 2.00 bits per heavy atom. The van der Waals surface area contributed by atoms with Gasteiger partial charge < -0.3 is 20.3 Å². The quantitative estimate of drug-likeness (QED) is 0.523. The molecule has 0 bridgehead atoms. The Morgan fingerprint density at radius 1 is 1.25 bits per heavy atom. The average molecular weight is 333 g/mol. The molecular weight excluding hydrogens is 306 g/mol. The van der Waals surface area contributed by atoms with Crippen LogP contribution < -0.4 is 10.6 Å². The van der Waals surface area contributed by atoms with Crippen molar-refractivity contribution < 1.29 is 14.7 Å². The lowest BCUT2D eigenvalue weighted by Gasteiger charge is -2.13. The first-order valence-corrected chi connectivity index (χ1v) is 8.61. The molecular formula is C18H27N3O3. The van der Waals surface area contributed by atoms with Gasteiger partial charge in [-0.25, -0.2) is 0 Å². The van der Waals surface area contributed by atoms with Crippen LogP contribution in [-0.4, -0.2) is 34.6 Å². The summed E-state index contributed by atoms with van der Waals surface area (Å²) in [7, 11) is 1.85. The molecule has 0 aliphatic heterocycles. The van der Waals surface area contributed by atoms with Crippen molar-refractivity contribution in [1.82, 2.24) is 15.2 Å². The molecule has 0 saturated heterocycles. The normalized spacial score (nSPS) is 15.5. The van der Waals surface area contributed by atoms with E-state index in [1.807, 2.05) is 29.9 Å². The summed E-state index contributed by atoms with van der Waals surface area (Å²) in [5, 5.41) is 15.2. The largest absolute Gasteiger partial charge is 0.387 e. The third-order valence-electron chi connectivity index (χ3n) is 4.35. The van der Waals surface area contributed by atoms with Gasteiger partial charge in [0, 0.05) is 32.0 Å². The van der Waals surface area contributed by atoms with Crippen LogP contribution in [0.1, 0.15) is 50.3 Å². The van der Waals surface area contributed by atoms with E-state index in [0.29, 0.717) is 13.0 Å². The lowest BCUT2D eigenvalue weighted by Crippen LogP contribution is -2.41. The Bertz CT molecular complexity index is 592. The number of hydrogen-bond acceptors (Lipinski definition) is 3. The molecule has 0 saturated carbocycles. The summed E-state index contributed by atoms with van der Waals surface area (Å²) in [6, 6.07) is 3.69. The SMILES string of the molecule is Cn1cccc1C(O)CCNC(=O)C(=O)NCCC1=CCCCC1. The summed E-state index contributed by atoms with van der Waals surface area (Å²) < 4.78 is 1.83. The Kier molecular flexibility index (Phi) is 7.06. The number of aliphatic hydroxyl groups excluding tert-OH is 1. The predicted octanol–water partition coefficient (Wildman–Crippen LogP) is 1.57. The number of rotatable bonds is 7. The molecule has 1 unspecified atom stereocenters. The number of amides is 2. The van der Waals surface area contributed by atoms with Gasteiger partial charge in [-0.05, 0) is 50.7 Å². The van der Waals surface area contributed by atoms with E-state index in [1.54, 1.807) is 0 Å². The molecule has 3 N–H and O–H groups in total. The molecule has 0 fully saturated rings. The van der Waals surface area contributed by atoms with Crippen molar-refractivity contribution in [2.75, 3.05) is 13.1 Å². The van der Waals surface area contributed by atoms with Crippen LogP contribution in [0.5, 0.6) is 0 Å². The highest BCUT2D eigenvalue weighted by molar-refractivity contribution is 6.35. The van der Waals surface area contributed by atoms with E-state index in [0.717, 1.165) is 25.0 Å². The standard InChI is InChI=1S/C18H27N3O3/c1-21-13-5-8-15(21)16(22)10-12-20-18(24)17(23)19-11-9-14-6-3-2-4-7-14/h5-6,8,13,16,22H,2-4,7,9-12H2,1H3,(H,19,23)(H,20,24). The van der Waals surface area contributed by atoms with Crippen LogP contribution in [0, 0.1) is 0 Å². The minimum atomic E-state index is -0.661.